The summed E-state index contributed by atoms with van der Waals surface area (Å²) in [5.41, 5.74) is 1.44. The maximum absolute atomic E-state index is 14.1. The highest BCUT2D eigenvalue weighted by atomic mass is 19.2. The number of fused-ring (bicyclic) bond motifs is 1. The molecule has 0 unspecified atom stereocenters. The second-order valence-electron chi connectivity index (χ2n) is 5.34. The minimum absolute atomic E-state index is 0.0311. The molecule has 1 aliphatic rings. The molecule has 23 heavy (non-hydrogen) atoms. The predicted octanol–water partition coefficient (Wildman–Crippen LogP) is 1.95. The molecule has 0 fully saturated rings. The number of carboxylic acid groups (broad SMARTS) is 1. The molecule has 1 aliphatic heterocycles. The monoisotopic (exact) mass is 323 g/mol. The number of halogens is 2. The third kappa shape index (κ3) is 2.77. The molecule has 0 amide bonds. The minimum Gasteiger partial charge on any atom is -0.496 e. The number of nitrogens with one attached hydrogen (secondary N) is 1. The molecule has 0 bridgehead atoms. The first-order valence-electron chi connectivity index (χ1n) is 7.04. The fraction of sp³-hybridized carbons (Fsp3) is 0.333. The number of nitrogens with zero attached hydrogens (tertiary/aromatic N) is 2. The molecule has 2 N–H and O–H groups in total. The van der Waals surface area contributed by atoms with Gasteiger partial charge in [0.05, 0.1) is 7.11 Å². The lowest BCUT2D eigenvalue weighted by molar-refractivity contribution is 0.0687. The number of rotatable bonds is 4. The van der Waals surface area contributed by atoms with Gasteiger partial charge in [-0.1, -0.05) is 0 Å². The van der Waals surface area contributed by atoms with Crippen LogP contribution in [-0.2, 0) is 19.5 Å². The highest BCUT2D eigenvalue weighted by molar-refractivity contribution is 5.87. The van der Waals surface area contributed by atoms with Crippen molar-refractivity contribution in [2.75, 3.05) is 13.7 Å². The number of H-pyrrole nitrogens is 1. The van der Waals surface area contributed by atoms with Gasteiger partial charge in [-0.3, -0.25) is 10.00 Å². The smallest absolute Gasteiger partial charge is 0.356 e. The Kier molecular flexibility index (Phi) is 3.99. The highest BCUT2D eigenvalue weighted by Crippen LogP contribution is 2.28. The molecular formula is C15H15F2N3O3. The first-order chi connectivity index (χ1) is 11.0. The van der Waals surface area contributed by atoms with Crippen molar-refractivity contribution in [2.45, 2.75) is 19.5 Å². The summed E-state index contributed by atoms with van der Waals surface area (Å²) in [5, 5.41) is 15.7. The molecule has 1 aromatic carbocycles. The van der Waals surface area contributed by atoms with E-state index in [0.29, 0.717) is 25.1 Å². The molecule has 8 heteroatoms. The summed E-state index contributed by atoms with van der Waals surface area (Å²) in [4.78, 5) is 13.0. The van der Waals surface area contributed by atoms with Crippen LogP contribution in [0.4, 0.5) is 8.78 Å². The summed E-state index contributed by atoms with van der Waals surface area (Å²) in [5.74, 6) is -2.73. The Labute approximate surface area is 130 Å². The summed E-state index contributed by atoms with van der Waals surface area (Å²) in [7, 11) is 1.39. The zero-order valence-corrected chi connectivity index (χ0v) is 12.4. The molecule has 2 heterocycles. The van der Waals surface area contributed by atoms with Crippen molar-refractivity contribution in [1.82, 2.24) is 15.1 Å². The number of carbonyl (C=O) groups is 1. The van der Waals surface area contributed by atoms with Gasteiger partial charge in [-0.25, -0.2) is 13.6 Å². The zero-order valence-electron chi connectivity index (χ0n) is 12.4. The van der Waals surface area contributed by atoms with Crippen LogP contribution < -0.4 is 4.74 Å². The molecule has 0 aliphatic carbocycles. The highest BCUT2D eigenvalue weighted by Gasteiger charge is 2.26. The van der Waals surface area contributed by atoms with Gasteiger partial charge >= 0.3 is 5.97 Å². The van der Waals surface area contributed by atoms with Crippen molar-refractivity contribution in [3.63, 3.8) is 0 Å². The van der Waals surface area contributed by atoms with Crippen molar-refractivity contribution < 1.29 is 23.4 Å². The SMILES string of the molecule is COc1ccc(F)c(F)c1CN1CCc2[nH]nc(C(=O)O)c2C1. The van der Waals surface area contributed by atoms with Crippen LogP contribution in [0.3, 0.4) is 0 Å². The van der Waals surface area contributed by atoms with E-state index in [1.165, 1.54) is 13.2 Å². The van der Waals surface area contributed by atoms with Gasteiger partial charge in [0.2, 0.25) is 0 Å². The zero-order chi connectivity index (χ0) is 16.6. The second kappa shape index (κ2) is 5.96. The number of hydrogen-bond acceptors (Lipinski definition) is 4. The molecule has 0 atom stereocenters. The molecule has 0 radical (unpaired) electrons. The number of aromatic carboxylic acids is 1. The maximum atomic E-state index is 14.1. The average Bonchev–Trinajstić information content (AvgIpc) is 2.95. The van der Waals surface area contributed by atoms with Crippen molar-refractivity contribution in [2.24, 2.45) is 0 Å². The van der Waals surface area contributed by atoms with Crippen molar-refractivity contribution in [1.29, 1.82) is 0 Å². The lowest BCUT2D eigenvalue weighted by atomic mass is 10.0. The number of hydrogen-bond donors (Lipinski definition) is 2. The molecule has 2 aromatic rings. The Hall–Kier alpha value is -2.48. The van der Waals surface area contributed by atoms with Crippen molar-refractivity contribution in [3.8, 4) is 5.75 Å². The quantitative estimate of drug-likeness (QED) is 0.899. The second-order valence-corrected chi connectivity index (χ2v) is 5.34. The van der Waals surface area contributed by atoms with Crippen molar-refractivity contribution in [3.05, 3.63) is 46.3 Å². The van der Waals surface area contributed by atoms with Gasteiger partial charge in [0.1, 0.15) is 5.75 Å². The predicted molar refractivity (Wildman–Crippen MR) is 76.3 cm³/mol. The largest absolute Gasteiger partial charge is 0.496 e. The third-order valence-corrected chi connectivity index (χ3v) is 3.97. The van der Waals surface area contributed by atoms with E-state index in [0.717, 1.165) is 11.8 Å². The van der Waals surface area contributed by atoms with E-state index < -0.39 is 17.6 Å². The minimum atomic E-state index is -1.11. The van der Waals surface area contributed by atoms with E-state index in [2.05, 4.69) is 10.2 Å². The summed E-state index contributed by atoms with van der Waals surface area (Å²) in [6, 6.07) is 2.40. The molecule has 6 nitrogen and oxygen atoms in total. The molecule has 3 rings (SSSR count). The van der Waals surface area contributed by atoms with E-state index in [9.17, 15) is 13.6 Å². The Morgan fingerprint density at radius 1 is 1.48 bits per heavy atom. The number of ether oxygens (including phenoxy) is 1. The van der Waals surface area contributed by atoms with Gasteiger partial charge in [-0.2, -0.15) is 5.10 Å². The van der Waals surface area contributed by atoms with Crippen molar-refractivity contribution >= 4 is 5.97 Å². The molecule has 122 valence electrons. The number of methoxy groups -OCH3 is 1. The van der Waals surface area contributed by atoms with Gasteiger partial charge in [-0.05, 0) is 12.1 Å². The average molecular weight is 323 g/mol. The van der Waals surface area contributed by atoms with Gasteiger partial charge in [0.15, 0.2) is 17.3 Å². The summed E-state index contributed by atoms with van der Waals surface area (Å²) < 4.78 is 32.6. The number of aromatic amines is 1. The van der Waals surface area contributed by atoms with Gasteiger partial charge in [-0.15, -0.1) is 0 Å². The maximum Gasteiger partial charge on any atom is 0.356 e. The summed E-state index contributed by atoms with van der Waals surface area (Å²) >= 11 is 0. The first-order valence-corrected chi connectivity index (χ1v) is 7.04. The van der Waals surface area contributed by atoms with Crippen LogP contribution in [0.5, 0.6) is 5.75 Å². The molecule has 0 saturated heterocycles. The number of benzene rings is 1. The standard InChI is InChI=1S/C15H15F2N3O3/c1-23-12-3-2-10(16)13(17)9(12)7-20-5-4-11-8(6-20)14(15(21)22)19-18-11/h2-3H,4-7H2,1H3,(H,18,19)(H,21,22). The lowest BCUT2D eigenvalue weighted by Gasteiger charge is -2.27. The third-order valence-electron chi connectivity index (χ3n) is 3.97. The van der Waals surface area contributed by atoms with E-state index >= 15 is 0 Å². The van der Waals surface area contributed by atoms with Gasteiger partial charge < -0.3 is 9.84 Å². The molecular weight excluding hydrogens is 308 g/mol. The molecule has 0 spiro atoms. The lowest BCUT2D eigenvalue weighted by Crippen LogP contribution is -2.31. The fourth-order valence-corrected chi connectivity index (χ4v) is 2.80. The summed E-state index contributed by atoms with van der Waals surface area (Å²) in [6.07, 6.45) is 0.564. The van der Waals surface area contributed by atoms with Crippen LogP contribution in [0.25, 0.3) is 0 Å². The van der Waals surface area contributed by atoms with Crippen LogP contribution in [0.15, 0.2) is 12.1 Å². The van der Waals surface area contributed by atoms with Crippen LogP contribution in [0, 0.1) is 11.6 Å². The van der Waals surface area contributed by atoms with E-state index in [1.54, 1.807) is 0 Å². The van der Waals surface area contributed by atoms with Gasteiger partial charge in [0.25, 0.3) is 0 Å². The number of carboxylic acids is 1. The topological polar surface area (TPSA) is 78.5 Å². The Morgan fingerprint density at radius 3 is 2.96 bits per heavy atom. The number of aromatic nitrogens is 2. The normalized spacial score (nSPS) is 14.6. The Morgan fingerprint density at radius 2 is 2.26 bits per heavy atom. The summed E-state index contributed by atoms with van der Waals surface area (Å²) in [6.45, 7) is 0.996. The molecule has 1 aromatic heterocycles. The van der Waals surface area contributed by atoms with E-state index in [1.807, 2.05) is 4.90 Å². The van der Waals surface area contributed by atoms with E-state index in [4.69, 9.17) is 9.84 Å². The van der Waals surface area contributed by atoms with Gasteiger partial charge in [0, 0.05) is 42.9 Å². The molecule has 0 saturated carbocycles. The van der Waals surface area contributed by atoms with E-state index in [-0.39, 0.29) is 23.6 Å². The Balaban J connectivity index is 1.87. The van der Waals surface area contributed by atoms with Crippen LogP contribution in [-0.4, -0.2) is 39.8 Å². The Bertz CT molecular complexity index is 761. The van der Waals surface area contributed by atoms with Crippen LogP contribution in [0.1, 0.15) is 27.3 Å². The van der Waals surface area contributed by atoms with Crippen LogP contribution >= 0.6 is 0 Å². The fourth-order valence-electron chi connectivity index (χ4n) is 2.80. The first kappa shape index (κ1) is 15.4. The van der Waals surface area contributed by atoms with Crippen LogP contribution in [0.2, 0.25) is 0 Å².